The van der Waals surface area contributed by atoms with E-state index >= 15 is 0 Å². The summed E-state index contributed by atoms with van der Waals surface area (Å²) in [7, 11) is 1.50. The lowest BCUT2D eigenvalue weighted by Crippen LogP contribution is -1.87. The first-order chi connectivity index (χ1) is 6.27. The number of fused-ring (bicyclic) bond motifs is 1. The Bertz CT molecular complexity index is 354. The van der Waals surface area contributed by atoms with Gasteiger partial charge in [0, 0.05) is 18.6 Å². The molecule has 3 nitrogen and oxygen atoms in total. The van der Waals surface area contributed by atoms with E-state index in [2.05, 4.69) is 36.8 Å². The van der Waals surface area contributed by atoms with Crippen molar-refractivity contribution in [2.45, 2.75) is 13.8 Å². The fourth-order valence-electron chi connectivity index (χ4n) is 1.16. The quantitative estimate of drug-likeness (QED) is 0.663. The summed E-state index contributed by atoms with van der Waals surface area (Å²) in [6.07, 6.45) is 5.87. The van der Waals surface area contributed by atoms with Crippen LogP contribution < -0.4 is 5.73 Å². The summed E-state index contributed by atoms with van der Waals surface area (Å²) in [5, 5.41) is 0. The highest BCUT2D eigenvalue weighted by molar-refractivity contribution is 5.43. The maximum atomic E-state index is 4.50. The number of aryl methyl sites for hydroxylation is 2. The van der Waals surface area contributed by atoms with Crippen molar-refractivity contribution in [1.82, 2.24) is 9.38 Å². The Morgan fingerprint density at radius 2 is 1.92 bits per heavy atom. The molecule has 0 fully saturated rings. The van der Waals surface area contributed by atoms with Gasteiger partial charge in [0.1, 0.15) is 5.65 Å². The largest absolute Gasteiger partial charge is 0.333 e. The summed E-state index contributed by atoms with van der Waals surface area (Å²) in [6.45, 7) is 4.21. The molecule has 0 spiro atoms. The SMILES string of the molecule is CN.Cc1cc2nccn2cc1C. The van der Waals surface area contributed by atoms with E-state index in [1.807, 2.05) is 16.8 Å². The maximum Gasteiger partial charge on any atom is 0.136 e. The standard InChI is InChI=1S/C9H10N2.CH5N/c1-7-5-9-10-3-4-11(9)6-8(7)2;1-2/h3-6H,1-2H3;2H2,1H3. The molecule has 0 radical (unpaired) electrons. The van der Waals surface area contributed by atoms with Crippen LogP contribution in [0.15, 0.2) is 24.7 Å². The number of nitrogens with zero attached hydrogens (tertiary/aromatic N) is 2. The van der Waals surface area contributed by atoms with Gasteiger partial charge < -0.3 is 10.1 Å². The molecule has 13 heavy (non-hydrogen) atoms. The average molecular weight is 177 g/mol. The Morgan fingerprint density at radius 1 is 1.23 bits per heavy atom. The van der Waals surface area contributed by atoms with E-state index < -0.39 is 0 Å². The Kier molecular flexibility index (Phi) is 3.03. The summed E-state index contributed by atoms with van der Waals surface area (Å²) in [4.78, 5) is 4.18. The van der Waals surface area contributed by atoms with Crippen LogP contribution in [-0.2, 0) is 0 Å². The Hall–Kier alpha value is -1.35. The van der Waals surface area contributed by atoms with E-state index in [0.29, 0.717) is 0 Å². The van der Waals surface area contributed by atoms with Gasteiger partial charge in [-0.15, -0.1) is 0 Å². The zero-order valence-electron chi connectivity index (χ0n) is 8.28. The van der Waals surface area contributed by atoms with Crippen LogP contribution in [0.1, 0.15) is 11.1 Å². The molecule has 0 saturated carbocycles. The molecule has 2 aromatic heterocycles. The summed E-state index contributed by atoms with van der Waals surface area (Å²) < 4.78 is 2.03. The van der Waals surface area contributed by atoms with Crippen molar-refractivity contribution >= 4 is 5.65 Å². The average Bonchev–Trinajstić information content (AvgIpc) is 2.56. The second-order valence-corrected chi connectivity index (χ2v) is 2.83. The van der Waals surface area contributed by atoms with Crippen LogP contribution in [0.2, 0.25) is 0 Å². The molecule has 0 unspecified atom stereocenters. The molecule has 0 bridgehead atoms. The molecule has 0 aliphatic carbocycles. The minimum atomic E-state index is 1.02. The molecule has 0 aliphatic rings. The minimum absolute atomic E-state index is 1.02. The van der Waals surface area contributed by atoms with Crippen molar-refractivity contribution in [3.05, 3.63) is 35.8 Å². The van der Waals surface area contributed by atoms with Gasteiger partial charge >= 0.3 is 0 Å². The van der Waals surface area contributed by atoms with Gasteiger partial charge in [0.15, 0.2) is 0 Å². The summed E-state index contributed by atoms with van der Waals surface area (Å²) in [5.41, 5.74) is 8.12. The van der Waals surface area contributed by atoms with E-state index in [1.54, 1.807) is 0 Å². The number of rotatable bonds is 0. The second-order valence-electron chi connectivity index (χ2n) is 2.83. The van der Waals surface area contributed by atoms with Gasteiger partial charge in [-0.1, -0.05) is 0 Å². The zero-order valence-corrected chi connectivity index (χ0v) is 8.28. The van der Waals surface area contributed by atoms with Crippen molar-refractivity contribution in [3.63, 3.8) is 0 Å². The molecule has 0 atom stereocenters. The molecule has 2 rings (SSSR count). The minimum Gasteiger partial charge on any atom is -0.333 e. The number of pyridine rings is 1. The van der Waals surface area contributed by atoms with E-state index in [-0.39, 0.29) is 0 Å². The Labute approximate surface area is 78.2 Å². The van der Waals surface area contributed by atoms with Crippen molar-refractivity contribution in [3.8, 4) is 0 Å². The third-order valence-electron chi connectivity index (χ3n) is 2.00. The highest BCUT2D eigenvalue weighted by atomic mass is 15.0. The maximum absolute atomic E-state index is 4.50. The van der Waals surface area contributed by atoms with Crippen LogP contribution >= 0.6 is 0 Å². The number of aromatic nitrogens is 2. The van der Waals surface area contributed by atoms with Gasteiger partial charge in [0.25, 0.3) is 0 Å². The van der Waals surface area contributed by atoms with Crippen molar-refractivity contribution in [2.24, 2.45) is 5.73 Å². The molecule has 0 saturated heterocycles. The molecule has 3 heteroatoms. The number of hydrogen-bond acceptors (Lipinski definition) is 2. The first kappa shape index (κ1) is 9.74. The van der Waals surface area contributed by atoms with E-state index in [9.17, 15) is 0 Å². The van der Waals surface area contributed by atoms with Gasteiger partial charge in [0.2, 0.25) is 0 Å². The number of nitrogens with two attached hydrogens (primary N) is 1. The molecule has 2 N–H and O–H groups in total. The predicted octanol–water partition coefficient (Wildman–Crippen LogP) is 1.53. The highest BCUT2D eigenvalue weighted by Crippen LogP contribution is 2.08. The normalized spacial score (nSPS) is 9.54. The third kappa shape index (κ3) is 1.87. The number of imidazole rings is 1. The molecule has 2 heterocycles. The lowest BCUT2D eigenvalue weighted by Gasteiger charge is -1.99. The molecule has 70 valence electrons. The summed E-state index contributed by atoms with van der Waals surface area (Å²) in [6, 6.07) is 2.09. The van der Waals surface area contributed by atoms with Crippen LogP contribution in [0.4, 0.5) is 0 Å². The van der Waals surface area contributed by atoms with Crippen LogP contribution in [0.3, 0.4) is 0 Å². The highest BCUT2D eigenvalue weighted by Gasteiger charge is 1.95. The predicted molar refractivity (Wildman–Crippen MR) is 54.8 cm³/mol. The van der Waals surface area contributed by atoms with Crippen LogP contribution in [-0.4, -0.2) is 16.4 Å². The van der Waals surface area contributed by atoms with Gasteiger partial charge in [-0.25, -0.2) is 4.98 Å². The first-order valence-electron chi connectivity index (χ1n) is 4.25. The zero-order chi connectivity index (χ0) is 9.84. The molecular weight excluding hydrogens is 162 g/mol. The molecule has 2 aromatic rings. The van der Waals surface area contributed by atoms with E-state index in [0.717, 1.165) is 5.65 Å². The van der Waals surface area contributed by atoms with Crippen LogP contribution in [0.25, 0.3) is 5.65 Å². The molecular formula is C10H15N3. The number of hydrogen-bond donors (Lipinski definition) is 1. The second kappa shape index (κ2) is 4.05. The van der Waals surface area contributed by atoms with Crippen LogP contribution in [0.5, 0.6) is 0 Å². The first-order valence-corrected chi connectivity index (χ1v) is 4.25. The fourth-order valence-corrected chi connectivity index (χ4v) is 1.16. The Balaban J connectivity index is 0.000000396. The Morgan fingerprint density at radius 3 is 2.62 bits per heavy atom. The lowest BCUT2D eigenvalue weighted by atomic mass is 10.2. The fraction of sp³-hybridized carbons (Fsp3) is 0.300. The summed E-state index contributed by atoms with van der Waals surface area (Å²) >= 11 is 0. The summed E-state index contributed by atoms with van der Waals surface area (Å²) in [5.74, 6) is 0. The van der Waals surface area contributed by atoms with Gasteiger partial charge in [-0.2, -0.15) is 0 Å². The third-order valence-corrected chi connectivity index (χ3v) is 2.00. The topological polar surface area (TPSA) is 43.3 Å². The lowest BCUT2D eigenvalue weighted by molar-refractivity contribution is 1.13. The van der Waals surface area contributed by atoms with Crippen molar-refractivity contribution in [1.29, 1.82) is 0 Å². The van der Waals surface area contributed by atoms with E-state index in [4.69, 9.17) is 0 Å². The smallest absolute Gasteiger partial charge is 0.136 e. The van der Waals surface area contributed by atoms with Crippen molar-refractivity contribution in [2.75, 3.05) is 7.05 Å². The van der Waals surface area contributed by atoms with Gasteiger partial charge in [-0.3, -0.25) is 0 Å². The molecule has 0 amide bonds. The van der Waals surface area contributed by atoms with Gasteiger partial charge in [-0.05, 0) is 38.1 Å². The molecule has 0 aromatic carbocycles. The monoisotopic (exact) mass is 177 g/mol. The van der Waals surface area contributed by atoms with Crippen molar-refractivity contribution < 1.29 is 0 Å². The van der Waals surface area contributed by atoms with E-state index in [1.165, 1.54) is 18.2 Å². The van der Waals surface area contributed by atoms with Gasteiger partial charge in [0.05, 0.1) is 0 Å². The molecule has 0 aliphatic heterocycles. The van der Waals surface area contributed by atoms with Crippen LogP contribution in [0, 0.1) is 13.8 Å².